The van der Waals surface area contributed by atoms with Crippen molar-refractivity contribution >= 4 is 62.0 Å². The first-order chi connectivity index (χ1) is 11.6. The number of amides is 1. The van der Waals surface area contributed by atoms with Gasteiger partial charge in [-0.3, -0.25) is 9.35 Å². The molecular formula is C15H14ClN3O4S2. The van der Waals surface area contributed by atoms with E-state index in [1.54, 1.807) is 24.3 Å². The molecule has 0 aromatic heterocycles. The minimum atomic E-state index is -4.38. The summed E-state index contributed by atoms with van der Waals surface area (Å²) in [7, 11) is -4.38. The molecule has 0 spiro atoms. The molecule has 1 amide bonds. The monoisotopic (exact) mass is 399 g/mol. The predicted octanol–water partition coefficient (Wildman–Crippen LogP) is 3.35. The second-order valence-electron chi connectivity index (χ2n) is 4.96. The first-order valence-corrected chi connectivity index (χ1v) is 9.10. The maximum atomic E-state index is 11.1. The summed E-state index contributed by atoms with van der Waals surface area (Å²) in [5, 5.41) is 8.55. The summed E-state index contributed by atoms with van der Waals surface area (Å²) in [6.07, 6.45) is 0. The molecule has 0 saturated carbocycles. The Morgan fingerprint density at radius 3 is 1.96 bits per heavy atom. The van der Waals surface area contributed by atoms with Gasteiger partial charge < -0.3 is 16.0 Å². The van der Waals surface area contributed by atoms with Crippen molar-refractivity contribution in [1.82, 2.24) is 0 Å². The summed E-state index contributed by atoms with van der Waals surface area (Å²) in [4.78, 5) is 10.6. The number of anilines is 3. The fourth-order valence-corrected chi connectivity index (χ4v) is 3.18. The number of carbonyl (C=O) groups is 1. The van der Waals surface area contributed by atoms with Crippen molar-refractivity contribution in [3.63, 3.8) is 0 Å². The van der Waals surface area contributed by atoms with E-state index in [0.717, 1.165) is 0 Å². The van der Waals surface area contributed by atoms with Crippen molar-refractivity contribution in [2.75, 3.05) is 16.0 Å². The van der Waals surface area contributed by atoms with Crippen LogP contribution in [0.3, 0.4) is 0 Å². The highest BCUT2D eigenvalue weighted by atomic mass is 35.5. The van der Waals surface area contributed by atoms with Crippen LogP contribution in [0, 0.1) is 0 Å². The quantitative estimate of drug-likeness (QED) is 0.461. The summed E-state index contributed by atoms with van der Waals surface area (Å²) in [5.74, 6) is -0.164. The molecule has 0 atom stereocenters. The van der Waals surface area contributed by atoms with E-state index in [1.807, 2.05) is 0 Å². The average molecular weight is 400 g/mol. The molecule has 2 aromatic carbocycles. The Labute approximate surface area is 155 Å². The topological polar surface area (TPSA) is 108 Å². The van der Waals surface area contributed by atoms with Crippen molar-refractivity contribution in [3.05, 3.63) is 47.5 Å². The summed E-state index contributed by atoms with van der Waals surface area (Å²) >= 11 is 11.0. The van der Waals surface area contributed by atoms with Gasteiger partial charge in [-0.15, -0.1) is 0 Å². The van der Waals surface area contributed by atoms with E-state index in [1.165, 1.54) is 25.1 Å². The fraction of sp³-hybridized carbons (Fsp3) is 0.0667. The molecule has 2 aromatic rings. The van der Waals surface area contributed by atoms with Crippen LogP contribution in [0.25, 0.3) is 0 Å². The van der Waals surface area contributed by atoms with Crippen LogP contribution in [0.1, 0.15) is 6.92 Å². The van der Waals surface area contributed by atoms with Gasteiger partial charge in [0.15, 0.2) is 5.11 Å². The minimum absolute atomic E-state index is 0.130. The van der Waals surface area contributed by atoms with E-state index in [0.29, 0.717) is 17.1 Å². The van der Waals surface area contributed by atoms with E-state index in [9.17, 15) is 13.2 Å². The van der Waals surface area contributed by atoms with Gasteiger partial charge in [0.2, 0.25) is 5.91 Å². The Hall–Kier alpha value is -2.20. The highest BCUT2D eigenvalue weighted by molar-refractivity contribution is 7.86. The largest absolute Gasteiger partial charge is 0.332 e. The third kappa shape index (κ3) is 5.68. The molecule has 0 radical (unpaired) electrons. The molecule has 0 aliphatic rings. The molecule has 2 rings (SSSR count). The molecule has 10 heteroatoms. The standard InChI is InChI=1S/C15H14ClN3O4S2/c1-9(20)17-10-2-4-11(5-3-10)18-15(24)19-12-6-7-14(13(16)8-12)25(21,22)23/h2-8H,1H3,(H,17,20)(H2,18,19,24)(H,21,22,23). The second-order valence-corrected chi connectivity index (χ2v) is 7.16. The van der Waals surface area contributed by atoms with E-state index < -0.39 is 10.1 Å². The Morgan fingerprint density at radius 2 is 1.48 bits per heavy atom. The molecule has 0 fully saturated rings. The fourth-order valence-electron chi connectivity index (χ4n) is 1.92. The Morgan fingerprint density at radius 1 is 1.00 bits per heavy atom. The van der Waals surface area contributed by atoms with Crippen molar-refractivity contribution in [1.29, 1.82) is 0 Å². The molecule has 0 aliphatic heterocycles. The maximum absolute atomic E-state index is 11.1. The number of hydrogen-bond acceptors (Lipinski definition) is 4. The van der Waals surface area contributed by atoms with Crippen LogP contribution < -0.4 is 16.0 Å². The SMILES string of the molecule is CC(=O)Nc1ccc(NC(=S)Nc2ccc(S(=O)(=O)O)c(Cl)c2)cc1. The Kier molecular flexibility index (Phi) is 5.96. The first-order valence-electron chi connectivity index (χ1n) is 6.88. The maximum Gasteiger partial charge on any atom is 0.296 e. The van der Waals surface area contributed by atoms with Crippen LogP contribution in [0.4, 0.5) is 17.1 Å². The average Bonchev–Trinajstić information content (AvgIpc) is 2.47. The second kappa shape index (κ2) is 7.79. The van der Waals surface area contributed by atoms with Crippen LogP contribution in [-0.4, -0.2) is 24.0 Å². The van der Waals surface area contributed by atoms with Crippen molar-refractivity contribution < 1.29 is 17.8 Å². The first kappa shape index (κ1) is 19.1. The predicted molar refractivity (Wildman–Crippen MR) is 102 cm³/mol. The lowest BCUT2D eigenvalue weighted by atomic mass is 10.3. The van der Waals surface area contributed by atoms with Gasteiger partial charge in [-0.25, -0.2) is 0 Å². The van der Waals surface area contributed by atoms with Gasteiger partial charge >= 0.3 is 0 Å². The van der Waals surface area contributed by atoms with Gasteiger partial charge in [0.1, 0.15) is 4.90 Å². The third-order valence-electron chi connectivity index (χ3n) is 2.93. The zero-order chi connectivity index (χ0) is 18.6. The molecule has 0 bridgehead atoms. The van der Waals surface area contributed by atoms with Crippen LogP contribution in [0.5, 0.6) is 0 Å². The smallest absolute Gasteiger partial charge is 0.296 e. The lowest BCUT2D eigenvalue weighted by Gasteiger charge is -2.12. The summed E-state index contributed by atoms with van der Waals surface area (Å²) < 4.78 is 31.2. The van der Waals surface area contributed by atoms with Crippen LogP contribution >= 0.6 is 23.8 Å². The van der Waals surface area contributed by atoms with Crippen LogP contribution in [0.2, 0.25) is 5.02 Å². The molecule has 25 heavy (non-hydrogen) atoms. The molecule has 0 saturated heterocycles. The van der Waals surface area contributed by atoms with Crippen LogP contribution in [-0.2, 0) is 14.9 Å². The molecule has 132 valence electrons. The molecule has 0 unspecified atom stereocenters. The Bertz CT molecular complexity index is 915. The number of carbonyl (C=O) groups excluding carboxylic acids is 1. The zero-order valence-corrected chi connectivity index (χ0v) is 15.3. The highest BCUT2D eigenvalue weighted by Gasteiger charge is 2.14. The lowest BCUT2D eigenvalue weighted by molar-refractivity contribution is -0.114. The molecule has 4 N–H and O–H groups in total. The van der Waals surface area contributed by atoms with E-state index in [-0.39, 0.29) is 20.9 Å². The number of benzene rings is 2. The molecule has 0 aliphatic carbocycles. The van der Waals surface area contributed by atoms with E-state index in [2.05, 4.69) is 16.0 Å². The van der Waals surface area contributed by atoms with E-state index in [4.69, 9.17) is 28.4 Å². The number of thiocarbonyl (C=S) groups is 1. The number of nitrogens with one attached hydrogen (secondary N) is 3. The van der Waals surface area contributed by atoms with Crippen molar-refractivity contribution in [2.24, 2.45) is 0 Å². The van der Waals surface area contributed by atoms with Gasteiger partial charge in [0.25, 0.3) is 10.1 Å². The minimum Gasteiger partial charge on any atom is -0.332 e. The highest BCUT2D eigenvalue weighted by Crippen LogP contribution is 2.25. The van der Waals surface area contributed by atoms with Gasteiger partial charge in [-0.2, -0.15) is 8.42 Å². The van der Waals surface area contributed by atoms with Crippen molar-refractivity contribution in [2.45, 2.75) is 11.8 Å². The van der Waals surface area contributed by atoms with Gasteiger partial charge in [-0.05, 0) is 54.7 Å². The van der Waals surface area contributed by atoms with Gasteiger partial charge in [0.05, 0.1) is 5.02 Å². The molecule has 7 nitrogen and oxygen atoms in total. The lowest BCUT2D eigenvalue weighted by Crippen LogP contribution is -2.19. The van der Waals surface area contributed by atoms with Crippen LogP contribution in [0.15, 0.2) is 47.4 Å². The van der Waals surface area contributed by atoms with Gasteiger partial charge in [0, 0.05) is 24.0 Å². The number of hydrogen-bond donors (Lipinski definition) is 4. The number of halogens is 1. The summed E-state index contributed by atoms with van der Waals surface area (Å²) in [6, 6.07) is 10.8. The Balaban J connectivity index is 2.03. The summed E-state index contributed by atoms with van der Waals surface area (Å²) in [6.45, 7) is 1.42. The number of rotatable bonds is 4. The molecule has 0 heterocycles. The summed E-state index contributed by atoms with van der Waals surface area (Å²) in [5.41, 5.74) is 1.79. The zero-order valence-electron chi connectivity index (χ0n) is 12.9. The normalized spacial score (nSPS) is 10.8. The van der Waals surface area contributed by atoms with Crippen molar-refractivity contribution in [3.8, 4) is 0 Å². The molecular weight excluding hydrogens is 386 g/mol. The third-order valence-corrected chi connectivity index (χ3v) is 4.47. The van der Waals surface area contributed by atoms with E-state index >= 15 is 0 Å². The van der Waals surface area contributed by atoms with Gasteiger partial charge in [-0.1, -0.05) is 11.6 Å².